The molecule has 2 aromatic heterocycles. The van der Waals surface area contributed by atoms with E-state index in [-0.39, 0.29) is 17.6 Å². The summed E-state index contributed by atoms with van der Waals surface area (Å²) < 4.78 is 10.4. The predicted molar refractivity (Wildman–Crippen MR) is 97.4 cm³/mol. The molecular weight excluding hydrogens is 356 g/mol. The van der Waals surface area contributed by atoms with Crippen molar-refractivity contribution >= 4 is 34.1 Å². The Balaban J connectivity index is 1.70. The van der Waals surface area contributed by atoms with E-state index in [9.17, 15) is 9.59 Å². The molecule has 6 nitrogen and oxygen atoms in total. The van der Waals surface area contributed by atoms with E-state index in [0.29, 0.717) is 27.2 Å². The number of halogens is 1. The standard InChI is InChI=1S/C19H11ClN2O4/c20-12-6-7-15-14(10-12)19(24)26-18(22-15)11-3-1-4-13(9-11)21-17(23)16-5-2-8-25-16/h1-10H,(H,21,23). The molecule has 2 aromatic carbocycles. The monoisotopic (exact) mass is 366 g/mol. The van der Waals surface area contributed by atoms with Crippen molar-refractivity contribution in [3.8, 4) is 11.5 Å². The van der Waals surface area contributed by atoms with Gasteiger partial charge in [0, 0.05) is 16.3 Å². The van der Waals surface area contributed by atoms with E-state index in [1.807, 2.05) is 0 Å². The van der Waals surface area contributed by atoms with E-state index in [1.165, 1.54) is 12.3 Å². The van der Waals surface area contributed by atoms with Crippen molar-refractivity contribution in [1.82, 2.24) is 4.98 Å². The van der Waals surface area contributed by atoms with Gasteiger partial charge in [-0.05, 0) is 48.5 Å². The molecule has 0 fully saturated rings. The zero-order valence-corrected chi connectivity index (χ0v) is 14.0. The number of aromatic nitrogens is 1. The largest absolute Gasteiger partial charge is 0.459 e. The molecule has 0 radical (unpaired) electrons. The van der Waals surface area contributed by atoms with Crippen LogP contribution in [0.15, 0.2) is 74.5 Å². The summed E-state index contributed by atoms with van der Waals surface area (Å²) in [5.74, 6) is -0.0312. The minimum absolute atomic E-state index is 0.152. The molecule has 0 aliphatic carbocycles. The molecular formula is C19H11ClN2O4. The highest BCUT2D eigenvalue weighted by molar-refractivity contribution is 6.31. The van der Waals surface area contributed by atoms with Crippen LogP contribution in [0.2, 0.25) is 5.02 Å². The number of nitrogens with zero attached hydrogens (tertiary/aromatic N) is 1. The Labute approximate surface area is 152 Å². The van der Waals surface area contributed by atoms with Crippen LogP contribution >= 0.6 is 11.6 Å². The van der Waals surface area contributed by atoms with Gasteiger partial charge in [-0.25, -0.2) is 9.78 Å². The summed E-state index contributed by atoms with van der Waals surface area (Å²) in [6.07, 6.45) is 1.42. The predicted octanol–water partition coefficient (Wildman–Crippen LogP) is 4.35. The van der Waals surface area contributed by atoms with Crippen molar-refractivity contribution in [2.24, 2.45) is 0 Å². The quantitative estimate of drug-likeness (QED) is 0.582. The molecule has 4 aromatic rings. The second kappa shape index (κ2) is 6.50. The highest BCUT2D eigenvalue weighted by atomic mass is 35.5. The summed E-state index contributed by atoms with van der Waals surface area (Å²) in [7, 11) is 0. The number of hydrogen-bond donors (Lipinski definition) is 1. The van der Waals surface area contributed by atoms with Gasteiger partial charge in [0.05, 0.1) is 17.2 Å². The topological polar surface area (TPSA) is 85.3 Å². The van der Waals surface area contributed by atoms with E-state index >= 15 is 0 Å². The van der Waals surface area contributed by atoms with Gasteiger partial charge in [-0.1, -0.05) is 17.7 Å². The Morgan fingerprint density at radius 1 is 1.08 bits per heavy atom. The highest BCUT2D eigenvalue weighted by Crippen LogP contribution is 2.23. The first-order valence-electron chi connectivity index (χ1n) is 7.66. The van der Waals surface area contributed by atoms with Gasteiger partial charge in [-0.2, -0.15) is 0 Å². The molecule has 26 heavy (non-hydrogen) atoms. The van der Waals surface area contributed by atoms with Crippen molar-refractivity contribution in [3.63, 3.8) is 0 Å². The number of nitrogens with one attached hydrogen (secondary N) is 1. The summed E-state index contributed by atoms with van der Waals surface area (Å²) in [6, 6.07) is 14.8. The van der Waals surface area contributed by atoms with Crippen molar-refractivity contribution in [1.29, 1.82) is 0 Å². The Morgan fingerprint density at radius 2 is 1.96 bits per heavy atom. The van der Waals surface area contributed by atoms with Gasteiger partial charge in [0.25, 0.3) is 5.91 Å². The molecule has 0 atom stereocenters. The van der Waals surface area contributed by atoms with Crippen LogP contribution in [0.5, 0.6) is 0 Å². The van der Waals surface area contributed by atoms with Crippen molar-refractivity contribution in [2.75, 3.05) is 5.32 Å². The zero-order chi connectivity index (χ0) is 18.1. The van der Waals surface area contributed by atoms with Gasteiger partial charge < -0.3 is 14.2 Å². The third-order valence-electron chi connectivity index (χ3n) is 3.70. The summed E-state index contributed by atoms with van der Waals surface area (Å²) in [5, 5.41) is 3.46. The molecule has 128 valence electrons. The fourth-order valence-electron chi connectivity index (χ4n) is 2.50. The lowest BCUT2D eigenvalue weighted by Gasteiger charge is -2.06. The number of benzene rings is 2. The number of amides is 1. The Morgan fingerprint density at radius 3 is 2.77 bits per heavy atom. The summed E-state index contributed by atoms with van der Waals surface area (Å²) in [4.78, 5) is 28.6. The van der Waals surface area contributed by atoms with Crippen LogP contribution in [0.1, 0.15) is 10.6 Å². The van der Waals surface area contributed by atoms with Gasteiger partial charge in [-0.15, -0.1) is 0 Å². The van der Waals surface area contributed by atoms with Crippen molar-refractivity contribution in [2.45, 2.75) is 0 Å². The molecule has 0 spiro atoms. The van der Waals surface area contributed by atoms with Crippen LogP contribution < -0.4 is 10.9 Å². The molecule has 0 aliphatic rings. The third kappa shape index (κ3) is 3.10. The molecule has 0 aliphatic heterocycles. The van der Waals surface area contributed by atoms with Gasteiger partial charge in [0.1, 0.15) is 0 Å². The minimum Gasteiger partial charge on any atom is -0.459 e. The van der Waals surface area contributed by atoms with Gasteiger partial charge in [0.15, 0.2) is 5.76 Å². The van der Waals surface area contributed by atoms with Crippen LogP contribution in [0.4, 0.5) is 5.69 Å². The molecule has 0 saturated heterocycles. The fourth-order valence-corrected chi connectivity index (χ4v) is 2.67. The number of furan rings is 1. The average Bonchev–Trinajstić information content (AvgIpc) is 3.17. The third-order valence-corrected chi connectivity index (χ3v) is 3.94. The lowest BCUT2D eigenvalue weighted by molar-refractivity contribution is 0.0996. The molecule has 4 rings (SSSR count). The van der Waals surface area contributed by atoms with Crippen molar-refractivity contribution < 1.29 is 13.6 Å². The number of hydrogen-bond acceptors (Lipinski definition) is 5. The molecule has 2 heterocycles. The normalized spacial score (nSPS) is 10.8. The smallest absolute Gasteiger partial charge is 0.347 e. The molecule has 1 N–H and O–H groups in total. The Hall–Kier alpha value is -3.38. The van der Waals surface area contributed by atoms with E-state index in [1.54, 1.807) is 48.5 Å². The Kier molecular flexibility index (Phi) is 4.02. The van der Waals surface area contributed by atoms with Gasteiger partial charge in [0.2, 0.25) is 5.89 Å². The summed E-state index contributed by atoms with van der Waals surface area (Å²) in [5.41, 5.74) is 1.02. The molecule has 7 heteroatoms. The van der Waals surface area contributed by atoms with E-state index in [0.717, 1.165) is 0 Å². The van der Waals surface area contributed by atoms with Crippen LogP contribution in [0.3, 0.4) is 0 Å². The molecule has 1 amide bonds. The first-order valence-corrected chi connectivity index (χ1v) is 8.04. The lowest BCUT2D eigenvalue weighted by Crippen LogP contribution is -2.10. The lowest BCUT2D eigenvalue weighted by atomic mass is 10.2. The maximum absolute atomic E-state index is 12.2. The summed E-state index contributed by atoms with van der Waals surface area (Å²) >= 11 is 5.90. The van der Waals surface area contributed by atoms with Gasteiger partial charge in [-0.3, -0.25) is 4.79 Å². The van der Waals surface area contributed by atoms with E-state index < -0.39 is 5.63 Å². The first-order chi connectivity index (χ1) is 12.6. The van der Waals surface area contributed by atoms with Crippen LogP contribution in [-0.2, 0) is 0 Å². The number of fused-ring (bicyclic) bond motifs is 1. The molecule has 0 unspecified atom stereocenters. The van der Waals surface area contributed by atoms with Crippen LogP contribution in [0, 0.1) is 0 Å². The number of rotatable bonds is 3. The Bertz CT molecular complexity index is 1170. The SMILES string of the molecule is O=C(Nc1cccc(-c2nc3ccc(Cl)cc3c(=O)o2)c1)c1ccco1. The maximum Gasteiger partial charge on any atom is 0.347 e. The number of carbonyl (C=O) groups excluding carboxylic acids is 1. The van der Waals surface area contributed by atoms with E-state index in [4.69, 9.17) is 20.4 Å². The number of anilines is 1. The second-order valence-corrected chi connectivity index (χ2v) is 5.92. The van der Waals surface area contributed by atoms with E-state index in [2.05, 4.69) is 10.3 Å². The highest BCUT2D eigenvalue weighted by Gasteiger charge is 2.12. The maximum atomic E-state index is 12.2. The van der Waals surface area contributed by atoms with Crippen LogP contribution in [0.25, 0.3) is 22.4 Å². The summed E-state index contributed by atoms with van der Waals surface area (Å²) in [6.45, 7) is 0. The van der Waals surface area contributed by atoms with Crippen LogP contribution in [-0.4, -0.2) is 10.9 Å². The molecule has 0 saturated carbocycles. The number of carbonyl (C=O) groups is 1. The van der Waals surface area contributed by atoms with Crippen molar-refractivity contribution in [3.05, 3.63) is 82.1 Å². The minimum atomic E-state index is -0.530. The second-order valence-electron chi connectivity index (χ2n) is 5.48. The zero-order valence-electron chi connectivity index (χ0n) is 13.2. The first kappa shape index (κ1) is 16.1. The van der Waals surface area contributed by atoms with Gasteiger partial charge >= 0.3 is 5.63 Å². The fraction of sp³-hybridized carbons (Fsp3) is 0. The average molecular weight is 367 g/mol. The molecule has 0 bridgehead atoms.